The van der Waals surface area contributed by atoms with E-state index in [9.17, 15) is 0 Å². The van der Waals surface area contributed by atoms with Gasteiger partial charge < -0.3 is 4.90 Å². The van der Waals surface area contributed by atoms with E-state index < -0.39 is 5.41 Å². The van der Waals surface area contributed by atoms with E-state index in [-0.39, 0.29) is 5.41 Å². The average molecular weight is 782 g/mol. The fraction of sp³-hybridized carbons (Fsp3) is 0.0690. The van der Waals surface area contributed by atoms with Gasteiger partial charge in [0, 0.05) is 48.1 Å². The SMILES string of the molecule is CC1(C)c2ccccc2-c2ccc(N(c3ccc(-c4ccccc4)cc3)c3cccc4c3-c3ccccc3C43c4ccccc4-c4c3ccc3c4sc4ccccc43)cc21. The monoisotopic (exact) mass is 781 g/mol. The molecule has 3 aliphatic rings. The minimum atomic E-state index is -0.470. The molecule has 3 aliphatic carbocycles. The van der Waals surface area contributed by atoms with Crippen LogP contribution >= 0.6 is 11.3 Å². The summed E-state index contributed by atoms with van der Waals surface area (Å²) in [5, 5.41) is 2.68. The Morgan fingerprint density at radius 2 is 0.967 bits per heavy atom. The molecule has 0 aliphatic heterocycles. The maximum absolute atomic E-state index is 2.53. The number of thiophene rings is 1. The average Bonchev–Trinajstić information content (AvgIpc) is 3.99. The van der Waals surface area contributed by atoms with Crippen molar-refractivity contribution in [3.63, 3.8) is 0 Å². The molecule has 9 aromatic carbocycles. The lowest BCUT2D eigenvalue weighted by molar-refractivity contribution is 0.660. The third-order valence-electron chi connectivity index (χ3n) is 13.9. The van der Waals surface area contributed by atoms with Crippen molar-refractivity contribution in [1.29, 1.82) is 0 Å². The summed E-state index contributed by atoms with van der Waals surface area (Å²) >= 11 is 1.93. The molecule has 60 heavy (non-hydrogen) atoms. The predicted octanol–water partition coefficient (Wildman–Crippen LogP) is 15.8. The normalized spacial score (nSPS) is 16.0. The number of fused-ring (bicyclic) bond motifs is 17. The fourth-order valence-electron chi connectivity index (χ4n) is 11.3. The Hall–Kier alpha value is -7.00. The number of hydrogen-bond acceptors (Lipinski definition) is 2. The van der Waals surface area contributed by atoms with Gasteiger partial charge in [-0.3, -0.25) is 0 Å². The van der Waals surface area contributed by atoms with E-state index in [0.717, 1.165) is 11.4 Å². The lowest BCUT2D eigenvalue weighted by atomic mass is 9.70. The molecule has 1 aromatic heterocycles. The van der Waals surface area contributed by atoms with Crippen LogP contribution in [-0.2, 0) is 10.8 Å². The second-order valence-electron chi connectivity index (χ2n) is 17.2. The molecule has 13 rings (SSSR count). The molecule has 1 nitrogen and oxygen atoms in total. The van der Waals surface area contributed by atoms with Crippen LogP contribution in [0.5, 0.6) is 0 Å². The summed E-state index contributed by atoms with van der Waals surface area (Å²) in [6.45, 7) is 4.76. The van der Waals surface area contributed by atoms with Gasteiger partial charge in [-0.15, -0.1) is 11.3 Å². The van der Waals surface area contributed by atoms with Gasteiger partial charge in [-0.2, -0.15) is 0 Å². The molecule has 10 aromatic rings. The van der Waals surface area contributed by atoms with Gasteiger partial charge in [0.1, 0.15) is 0 Å². The van der Waals surface area contributed by atoms with Gasteiger partial charge in [0.15, 0.2) is 0 Å². The lowest BCUT2D eigenvalue weighted by Crippen LogP contribution is -2.26. The van der Waals surface area contributed by atoms with Crippen molar-refractivity contribution in [2.75, 3.05) is 4.90 Å². The second kappa shape index (κ2) is 12.3. The molecule has 0 saturated carbocycles. The summed E-state index contributed by atoms with van der Waals surface area (Å²) in [6.07, 6.45) is 0. The molecule has 0 N–H and O–H groups in total. The fourth-order valence-corrected chi connectivity index (χ4v) is 12.6. The van der Waals surface area contributed by atoms with Gasteiger partial charge in [0.2, 0.25) is 0 Å². The molecule has 1 atom stereocenters. The largest absolute Gasteiger partial charge is 0.310 e. The minimum absolute atomic E-state index is 0.130. The molecule has 282 valence electrons. The van der Waals surface area contributed by atoms with Crippen LogP contribution in [0.25, 0.3) is 64.7 Å². The lowest BCUT2D eigenvalue weighted by Gasteiger charge is -2.32. The topological polar surface area (TPSA) is 3.24 Å². The van der Waals surface area contributed by atoms with Crippen molar-refractivity contribution >= 4 is 48.6 Å². The Balaban J connectivity index is 1.09. The zero-order valence-electron chi connectivity index (χ0n) is 33.4. The van der Waals surface area contributed by atoms with Gasteiger partial charge in [0.05, 0.1) is 11.1 Å². The van der Waals surface area contributed by atoms with Gasteiger partial charge in [0.25, 0.3) is 0 Å². The quantitative estimate of drug-likeness (QED) is 0.172. The number of anilines is 3. The van der Waals surface area contributed by atoms with E-state index >= 15 is 0 Å². The van der Waals surface area contributed by atoms with E-state index in [1.807, 2.05) is 11.3 Å². The molecule has 1 heterocycles. The third-order valence-corrected chi connectivity index (χ3v) is 15.1. The van der Waals surface area contributed by atoms with Gasteiger partial charge in [-0.25, -0.2) is 0 Å². The Morgan fingerprint density at radius 3 is 1.75 bits per heavy atom. The highest BCUT2D eigenvalue weighted by molar-refractivity contribution is 7.26. The number of nitrogens with zero attached hydrogens (tertiary/aromatic N) is 1. The number of hydrogen-bond donors (Lipinski definition) is 0. The molecule has 0 saturated heterocycles. The minimum Gasteiger partial charge on any atom is -0.310 e. The summed E-state index contributed by atoms with van der Waals surface area (Å²) in [5.74, 6) is 0. The van der Waals surface area contributed by atoms with Gasteiger partial charge >= 0.3 is 0 Å². The maximum atomic E-state index is 2.53. The van der Waals surface area contributed by atoms with Gasteiger partial charge in [-0.05, 0) is 103 Å². The number of benzene rings is 9. The third kappa shape index (κ3) is 4.36. The van der Waals surface area contributed by atoms with E-state index in [4.69, 9.17) is 0 Å². The van der Waals surface area contributed by atoms with Crippen LogP contribution in [0.2, 0.25) is 0 Å². The van der Waals surface area contributed by atoms with Crippen LogP contribution in [0.3, 0.4) is 0 Å². The standard InChI is InChI=1S/C58H39NS/c1-57(2)46-21-10-6-17-40(46)41-32-31-39(35-51(41)57)59(38-29-27-37(28-30-38)36-15-4-3-5-16-36)52-25-14-24-49-54(52)44-19-7-11-22-47(44)58(49)48-23-12-8-20-45(48)55-50(58)34-33-43-42-18-9-13-26-53(42)60-56(43)55/h3-35H,1-2H3. The molecule has 0 bridgehead atoms. The van der Waals surface area contributed by atoms with Crippen LogP contribution in [0.15, 0.2) is 200 Å². The summed E-state index contributed by atoms with van der Waals surface area (Å²) in [5.41, 5.74) is 21.5. The highest BCUT2D eigenvalue weighted by atomic mass is 32.1. The summed E-state index contributed by atoms with van der Waals surface area (Å²) in [6, 6.07) is 75.3. The first-order valence-electron chi connectivity index (χ1n) is 21.0. The van der Waals surface area contributed by atoms with Crippen LogP contribution in [0.4, 0.5) is 17.1 Å². The Morgan fingerprint density at radius 1 is 0.383 bits per heavy atom. The highest BCUT2D eigenvalue weighted by Crippen LogP contribution is 2.66. The van der Waals surface area contributed by atoms with Crippen molar-refractivity contribution in [3.8, 4) is 44.5 Å². The zero-order valence-corrected chi connectivity index (χ0v) is 34.2. The first-order chi connectivity index (χ1) is 29.5. The molecular formula is C58H39NS. The summed E-state index contributed by atoms with van der Waals surface area (Å²) in [7, 11) is 0. The second-order valence-corrected chi connectivity index (χ2v) is 18.2. The molecule has 1 spiro atoms. The highest BCUT2D eigenvalue weighted by Gasteiger charge is 2.53. The Bertz CT molecular complexity index is 3410. The van der Waals surface area contributed by atoms with Gasteiger partial charge in [-0.1, -0.05) is 178 Å². The summed E-state index contributed by atoms with van der Waals surface area (Å²) < 4.78 is 2.71. The molecule has 2 heteroatoms. The van der Waals surface area contributed by atoms with E-state index in [0.29, 0.717) is 0 Å². The van der Waals surface area contributed by atoms with Crippen LogP contribution in [0, 0.1) is 0 Å². The molecule has 0 radical (unpaired) electrons. The first-order valence-corrected chi connectivity index (χ1v) is 21.8. The molecule has 0 fully saturated rings. The zero-order chi connectivity index (χ0) is 39.7. The van der Waals surface area contributed by atoms with E-state index in [1.54, 1.807) is 0 Å². The van der Waals surface area contributed by atoms with Crippen molar-refractivity contribution < 1.29 is 0 Å². The van der Waals surface area contributed by atoms with E-state index in [2.05, 4.69) is 219 Å². The predicted molar refractivity (Wildman–Crippen MR) is 253 cm³/mol. The maximum Gasteiger partial charge on any atom is 0.0726 e. The number of rotatable bonds is 4. The molecular weight excluding hydrogens is 743 g/mol. The van der Waals surface area contributed by atoms with Crippen LogP contribution in [0.1, 0.15) is 47.2 Å². The van der Waals surface area contributed by atoms with Crippen LogP contribution < -0.4 is 4.90 Å². The molecule has 0 amide bonds. The van der Waals surface area contributed by atoms with Crippen molar-refractivity contribution in [3.05, 3.63) is 234 Å². The Kier molecular flexibility index (Phi) is 6.94. The first kappa shape index (κ1) is 33.9. The van der Waals surface area contributed by atoms with Crippen LogP contribution in [-0.4, -0.2) is 0 Å². The summed E-state index contributed by atoms with van der Waals surface area (Å²) in [4.78, 5) is 2.53. The van der Waals surface area contributed by atoms with E-state index in [1.165, 1.54) is 104 Å². The van der Waals surface area contributed by atoms with Crippen molar-refractivity contribution in [1.82, 2.24) is 0 Å². The van der Waals surface area contributed by atoms with Crippen molar-refractivity contribution in [2.24, 2.45) is 0 Å². The Labute approximate surface area is 354 Å². The smallest absolute Gasteiger partial charge is 0.0726 e. The molecule has 1 unspecified atom stereocenters. The van der Waals surface area contributed by atoms with Crippen molar-refractivity contribution in [2.45, 2.75) is 24.7 Å².